The third-order valence-corrected chi connectivity index (χ3v) is 5.90. The standard InChI is InChI=1S/C23H24BrN3O2/c1-16-4-6-17(7-5-16)21(27-12-2-3-13-27)15-25-23(28)20-14-22(29-26-20)18-8-10-19(24)11-9-18/h4-11,14,21H,2-3,12-13,15H2,1H3,(H,25,28)/t21-/m1/s1. The minimum Gasteiger partial charge on any atom is -0.355 e. The highest BCUT2D eigenvalue weighted by molar-refractivity contribution is 9.10. The van der Waals surface area contributed by atoms with Gasteiger partial charge in [-0.05, 0) is 50.6 Å². The number of aromatic nitrogens is 1. The second-order valence-corrected chi connectivity index (χ2v) is 8.38. The normalized spacial score (nSPS) is 15.4. The number of likely N-dealkylation sites (tertiary alicyclic amines) is 1. The molecule has 1 fully saturated rings. The molecule has 0 unspecified atom stereocenters. The van der Waals surface area contributed by atoms with Crippen molar-refractivity contribution in [1.82, 2.24) is 15.4 Å². The van der Waals surface area contributed by atoms with Crippen LogP contribution >= 0.6 is 15.9 Å². The SMILES string of the molecule is Cc1ccc([C@@H](CNC(=O)c2cc(-c3ccc(Br)cc3)on2)N2CCCC2)cc1. The van der Waals surface area contributed by atoms with Gasteiger partial charge in [0.25, 0.3) is 5.91 Å². The molecule has 2 aromatic carbocycles. The first-order valence-electron chi connectivity index (χ1n) is 9.91. The van der Waals surface area contributed by atoms with Crippen molar-refractivity contribution in [2.75, 3.05) is 19.6 Å². The molecule has 29 heavy (non-hydrogen) atoms. The smallest absolute Gasteiger partial charge is 0.273 e. The van der Waals surface area contributed by atoms with E-state index < -0.39 is 0 Å². The zero-order chi connectivity index (χ0) is 20.2. The van der Waals surface area contributed by atoms with Crippen LogP contribution in [0.5, 0.6) is 0 Å². The van der Waals surface area contributed by atoms with Gasteiger partial charge in [-0.25, -0.2) is 0 Å². The van der Waals surface area contributed by atoms with Crippen molar-refractivity contribution in [1.29, 1.82) is 0 Å². The number of aryl methyl sites for hydroxylation is 1. The van der Waals surface area contributed by atoms with E-state index in [-0.39, 0.29) is 11.9 Å². The summed E-state index contributed by atoms with van der Waals surface area (Å²) in [5, 5.41) is 7.01. The van der Waals surface area contributed by atoms with E-state index in [1.165, 1.54) is 24.0 Å². The van der Waals surface area contributed by atoms with E-state index >= 15 is 0 Å². The van der Waals surface area contributed by atoms with E-state index in [1.54, 1.807) is 6.07 Å². The fraction of sp³-hybridized carbons (Fsp3) is 0.304. The summed E-state index contributed by atoms with van der Waals surface area (Å²) in [7, 11) is 0. The third-order valence-electron chi connectivity index (χ3n) is 5.37. The maximum absolute atomic E-state index is 12.7. The molecule has 1 aromatic heterocycles. The molecule has 1 saturated heterocycles. The molecule has 3 aromatic rings. The fourth-order valence-corrected chi connectivity index (χ4v) is 3.98. The van der Waals surface area contributed by atoms with E-state index in [2.05, 4.69) is 62.5 Å². The maximum Gasteiger partial charge on any atom is 0.273 e. The van der Waals surface area contributed by atoms with Crippen molar-refractivity contribution in [3.63, 3.8) is 0 Å². The van der Waals surface area contributed by atoms with Crippen molar-refractivity contribution in [3.8, 4) is 11.3 Å². The molecule has 0 bridgehead atoms. The molecule has 0 aliphatic carbocycles. The van der Waals surface area contributed by atoms with Gasteiger partial charge in [-0.15, -0.1) is 0 Å². The maximum atomic E-state index is 12.7. The van der Waals surface area contributed by atoms with E-state index in [0.29, 0.717) is 18.0 Å². The van der Waals surface area contributed by atoms with Crippen molar-refractivity contribution in [2.45, 2.75) is 25.8 Å². The van der Waals surface area contributed by atoms with E-state index in [4.69, 9.17) is 4.52 Å². The largest absolute Gasteiger partial charge is 0.355 e. The van der Waals surface area contributed by atoms with Gasteiger partial charge in [0.15, 0.2) is 11.5 Å². The van der Waals surface area contributed by atoms with Crippen LogP contribution in [0.2, 0.25) is 0 Å². The Hall–Kier alpha value is -2.44. The Morgan fingerprint density at radius 3 is 2.52 bits per heavy atom. The zero-order valence-corrected chi connectivity index (χ0v) is 18.0. The lowest BCUT2D eigenvalue weighted by atomic mass is 10.0. The highest BCUT2D eigenvalue weighted by Crippen LogP contribution is 2.26. The summed E-state index contributed by atoms with van der Waals surface area (Å²) < 4.78 is 6.37. The van der Waals surface area contributed by atoms with Crippen molar-refractivity contribution in [3.05, 3.63) is 75.9 Å². The van der Waals surface area contributed by atoms with Gasteiger partial charge in [0.2, 0.25) is 0 Å². The van der Waals surface area contributed by atoms with Gasteiger partial charge in [-0.3, -0.25) is 9.69 Å². The Labute approximate surface area is 179 Å². The topological polar surface area (TPSA) is 58.4 Å². The lowest BCUT2D eigenvalue weighted by Gasteiger charge is -2.28. The fourth-order valence-electron chi connectivity index (χ4n) is 3.71. The summed E-state index contributed by atoms with van der Waals surface area (Å²) in [5.41, 5.74) is 3.65. The third kappa shape index (κ3) is 4.77. The van der Waals surface area contributed by atoms with Gasteiger partial charge in [0, 0.05) is 22.6 Å². The van der Waals surface area contributed by atoms with Gasteiger partial charge < -0.3 is 9.84 Å². The second kappa shape index (κ2) is 8.93. The summed E-state index contributed by atoms with van der Waals surface area (Å²) >= 11 is 3.42. The minimum absolute atomic E-state index is 0.167. The van der Waals surface area contributed by atoms with Crippen LogP contribution in [0.1, 0.15) is 40.5 Å². The van der Waals surface area contributed by atoms with Gasteiger partial charge >= 0.3 is 0 Å². The molecule has 6 heteroatoms. The monoisotopic (exact) mass is 453 g/mol. The number of halogens is 1. The second-order valence-electron chi connectivity index (χ2n) is 7.46. The van der Waals surface area contributed by atoms with E-state index in [1.807, 2.05) is 24.3 Å². The highest BCUT2D eigenvalue weighted by atomic mass is 79.9. The number of carbonyl (C=O) groups is 1. The van der Waals surface area contributed by atoms with Crippen LogP contribution in [0.15, 0.2) is 63.6 Å². The number of hydrogen-bond donors (Lipinski definition) is 1. The van der Waals surface area contributed by atoms with Crippen LogP contribution in [-0.2, 0) is 0 Å². The van der Waals surface area contributed by atoms with Crippen LogP contribution in [0.4, 0.5) is 0 Å². The summed E-state index contributed by atoms with van der Waals surface area (Å²) in [4.78, 5) is 15.1. The lowest BCUT2D eigenvalue weighted by molar-refractivity contribution is 0.0929. The number of carbonyl (C=O) groups excluding carboxylic acids is 1. The first-order valence-corrected chi connectivity index (χ1v) is 10.7. The first-order chi connectivity index (χ1) is 14.1. The average Bonchev–Trinajstić information content (AvgIpc) is 3.42. The van der Waals surface area contributed by atoms with Crippen molar-refractivity contribution in [2.24, 2.45) is 0 Å². The molecular formula is C23H24BrN3O2. The molecule has 2 heterocycles. The van der Waals surface area contributed by atoms with Crippen LogP contribution < -0.4 is 5.32 Å². The number of amides is 1. The van der Waals surface area contributed by atoms with Crippen LogP contribution in [0.25, 0.3) is 11.3 Å². The van der Waals surface area contributed by atoms with Crippen LogP contribution in [-0.4, -0.2) is 35.6 Å². The van der Waals surface area contributed by atoms with Gasteiger partial charge in [-0.1, -0.05) is 63.0 Å². The summed E-state index contributed by atoms with van der Waals surface area (Å²) in [6.45, 7) is 4.75. The molecular weight excluding hydrogens is 430 g/mol. The molecule has 1 aliphatic heterocycles. The Morgan fingerprint density at radius 2 is 1.83 bits per heavy atom. The predicted octanol–water partition coefficient (Wildman–Crippen LogP) is 4.98. The number of nitrogens with one attached hydrogen (secondary N) is 1. The molecule has 0 spiro atoms. The van der Waals surface area contributed by atoms with Crippen molar-refractivity contribution >= 4 is 21.8 Å². The number of hydrogen-bond acceptors (Lipinski definition) is 4. The summed E-state index contributed by atoms with van der Waals surface area (Å²) in [6.07, 6.45) is 2.41. The summed E-state index contributed by atoms with van der Waals surface area (Å²) in [5.74, 6) is 0.366. The van der Waals surface area contributed by atoms with Crippen molar-refractivity contribution < 1.29 is 9.32 Å². The average molecular weight is 454 g/mol. The molecule has 1 amide bonds. The summed E-state index contributed by atoms with van der Waals surface area (Å²) in [6, 6.07) is 18.1. The minimum atomic E-state index is -0.214. The van der Waals surface area contributed by atoms with E-state index in [9.17, 15) is 4.79 Å². The quantitative estimate of drug-likeness (QED) is 0.571. The zero-order valence-electron chi connectivity index (χ0n) is 16.4. The molecule has 0 saturated carbocycles. The number of benzene rings is 2. The van der Waals surface area contributed by atoms with Crippen LogP contribution in [0, 0.1) is 6.92 Å². The first kappa shape index (κ1) is 19.9. The molecule has 1 N–H and O–H groups in total. The molecule has 0 radical (unpaired) electrons. The Morgan fingerprint density at radius 1 is 1.14 bits per heavy atom. The van der Waals surface area contributed by atoms with Gasteiger partial charge in [0.1, 0.15) is 0 Å². The van der Waals surface area contributed by atoms with Gasteiger partial charge in [0.05, 0.1) is 6.04 Å². The Balaban J connectivity index is 1.45. The number of nitrogens with zero attached hydrogens (tertiary/aromatic N) is 2. The molecule has 1 atom stereocenters. The lowest BCUT2D eigenvalue weighted by Crippen LogP contribution is -2.36. The predicted molar refractivity (Wildman–Crippen MR) is 117 cm³/mol. The van der Waals surface area contributed by atoms with E-state index in [0.717, 1.165) is 23.1 Å². The van der Waals surface area contributed by atoms with Gasteiger partial charge in [-0.2, -0.15) is 0 Å². The Bertz CT molecular complexity index is 961. The number of rotatable bonds is 6. The van der Waals surface area contributed by atoms with Crippen LogP contribution in [0.3, 0.4) is 0 Å². The Kier molecular flexibility index (Phi) is 6.11. The highest BCUT2D eigenvalue weighted by Gasteiger charge is 2.24. The molecule has 1 aliphatic rings. The molecule has 4 rings (SSSR count). The molecule has 5 nitrogen and oxygen atoms in total. The molecule has 150 valence electrons.